The highest BCUT2D eigenvalue weighted by Gasteiger charge is 2.42. The lowest BCUT2D eigenvalue weighted by Crippen LogP contribution is -2.44. The fourth-order valence-corrected chi connectivity index (χ4v) is 2.79. The molecule has 1 heterocycles. The molecule has 1 N–H and O–H groups in total. The molecule has 0 aromatic heterocycles. The second kappa shape index (κ2) is 6.65. The van der Waals surface area contributed by atoms with Crippen molar-refractivity contribution in [1.82, 2.24) is 10.2 Å². The van der Waals surface area contributed by atoms with E-state index in [2.05, 4.69) is 5.32 Å². The van der Waals surface area contributed by atoms with E-state index in [1.54, 1.807) is 0 Å². The highest BCUT2D eigenvalue weighted by atomic mass is 35.5. The quantitative estimate of drug-likeness (QED) is 0.617. The molecule has 2 aliphatic rings. The molecule has 1 aromatic rings. The summed E-state index contributed by atoms with van der Waals surface area (Å²) < 4.78 is 4.90. The molecule has 1 aliphatic carbocycles. The minimum absolute atomic E-state index is 0.0746. The Morgan fingerprint density at radius 1 is 1.20 bits per heavy atom. The van der Waals surface area contributed by atoms with Crippen molar-refractivity contribution < 1.29 is 23.9 Å². The number of esters is 1. The monoisotopic (exact) mass is 384 g/mol. The first-order valence-corrected chi connectivity index (χ1v) is 8.38. The summed E-state index contributed by atoms with van der Waals surface area (Å²) in [6, 6.07) is 1.55. The Morgan fingerprint density at radius 2 is 1.72 bits per heavy atom. The molecule has 1 aromatic carbocycles. The molecule has 3 rings (SSSR count). The topological polar surface area (TPSA) is 92.8 Å². The Balaban J connectivity index is 1.68. The summed E-state index contributed by atoms with van der Waals surface area (Å²) in [5.41, 5.74) is 0.149. The lowest BCUT2D eigenvalue weighted by molar-refractivity contribution is -0.151. The van der Waals surface area contributed by atoms with Gasteiger partial charge in [0.05, 0.1) is 21.2 Å². The van der Waals surface area contributed by atoms with Crippen LogP contribution in [0.4, 0.5) is 0 Å². The molecule has 1 atom stereocenters. The van der Waals surface area contributed by atoms with Gasteiger partial charge in [0.15, 0.2) is 6.61 Å². The van der Waals surface area contributed by atoms with Gasteiger partial charge in [-0.3, -0.25) is 19.3 Å². The van der Waals surface area contributed by atoms with E-state index in [4.69, 9.17) is 27.9 Å². The fourth-order valence-electron chi connectivity index (χ4n) is 2.46. The molecular weight excluding hydrogens is 371 g/mol. The molecular formula is C16H14Cl2N2O5. The van der Waals surface area contributed by atoms with Gasteiger partial charge in [0.25, 0.3) is 17.7 Å². The van der Waals surface area contributed by atoms with Crippen molar-refractivity contribution in [3.8, 4) is 0 Å². The number of carbonyl (C=O) groups excluding carboxylic acids is 4. The third-order valence-electron chi connectivity index (χ3n) is 3.98. The van der Waals surface area contributed by atoms with Crippen LogP contribution in [0.2, 0.25) is 10.0 Å². The summed E-state index contributed by atoms with van der Waals surface area (Å²) in [7, 11) is 0. The van der Waals surface area contributed by atoms with Crippen molar-refractivity contribution in [3.63, 3.8) is 0 Å². The summed E-state index contributed by atoms with van der Waals surface area (Å²) in [5, 5.41) is 2.94. The third-order valence-corrected chi connectivity index (χ3v) is 4.70. The second-order valence-corrected chi connectivity index (χ2v) is 6.73. The number of fused-ring (bicyclic) bond motifs is 1. The van der Waals surface area contributed by atoms with Gasteiger partial charge in [-0.1, -0.05) is 23.2 Å². The van der Waals surface area contributed by atoms with Crippen molar-refractivity contribution in [2.75, 3.05) is 6.61 Å². The number of imide groups is 1. The average Bonchev–Trinajstić information content (AvgIpc) is 3.34. The normalized spacial score (nSPS) is 17.3. The molecule has 0 unspecified atom stereocenters. The number of rotatable bonds is 5. The Labute approximate surface area is 153 Å². The van der Waals surface area contributed by atoms with E-state index < -0.39 is 36.3 Å². The van der Waals surface area contributed by atoms with Crippen LogP contribution in [0.25, 0.3) is 0 Å². The Morgan fingerprint density at radius 3 is 2.20 bits per heavy atom. The number of hydrogen-bond acceptors (Lipinski definition) is 5. The number of nitrogens with one attached hydrogen (secondary N) is 1. The number of nitrogens with zero attached hydrogens (tertiary/aromatic N) is 1. The highest BCUT2D eigenvalue weighted by molar-refractivity contribution is 6.43. The molecule has 0 radical (unpaired) electrons. The number of benzene rings is 1. The minimum Gasteiger partial charge on any atom is -0.454 e. The first-order chi connectivity index (χ1) is 11.8. The molecule has 132 valence electrons. The van der Waals surface area contributed by atoms with Crippen molar-refractivity contribution in [2.45, 2.75) is 31.8 Å². The molecule has 1 fully saturated rings. The van der Waals surface area contributed by atoms with Crippen LogP contribution in [0.5, 0.6) is 0 Å². The lowest BCUT2D eigenvalue weighted by atomic mass is 10.1. The predicted octanol–water partition coefficient (Wildman–Crippen LogP) is 1.80. The van der Waals surface area contributed by atoms with Gasteiger partial charge in [-0.25, -0.2) is 4.79 Å². The van der Waals surface area contributed by atoms with Gasteiger partial charge in [-0.15, -0.1) is 0 Å². The SMILES string of the molecule is C[C@@H](C(=O)OCC(=O)NC1CC1)N1C(=O)c2cc(Cl)c(Cl)cc2C1=O. The van der Waals surface area contributed by atoms with E-state index in [0.29, 0.717) is 0 Å². The molecule has 1 saturated carbocycles. The summed E-state index contributed by atoms with van der Waals surface area (Å²) in [6.07, 6.45) is 1.83. The van der Waals surface area contributed by atoms with Crippen molar-refractivity contribution in [2.24, 2.45) is 0 Å². The van der Waals surface area contributed by atoms with Crippen LogP contribution in [0, 0.1) is 0 Å². The van der Waals surface area contributed by atoms with Crippen LogP contribution in [-0.2, 0) is 14.3 Å². The maximum Gasteiger partial charge on any atom is 0.329 e. The maximum absolute atomic E-state index is 12.4. The van der Waals surface area contributed by atoms with E-state index in [9.17, 15) is 19.2 Å². The van der Waals surface area contributed by atoms with E-state index in [-0.39, 0.29) is 27.2 Å². The van der Waals surface area contributed by atoms with Crippen LogP contribution in [-0.4, -0.2) is 47.3 Å². The van der Waals surface area contributed by atoms with E-state index in [1.165, 1.54) is 19.1 Å². The first kappa shape index (κ1) is 17.7. The number of ether oxygens (including phenoxy) is 1. The van der Waals surface area contributed by atoms with E-state index in [1.807, 2.05) is 0 Å². The first-order valence-electron chi connectivity index (χ1n) is 7.62. The standard InChI is InChI=1S/C16H14Cl2N2O5/c1-7(16(24)25-6-13(21)19-8-2-3-8)20-14(22)9-4-11(17)12(18)5-10(9)15(20)23/h4-5,7-8H,2-3,6H2,1H3,(H,19,21)/t7-/m0/s1. The second-order valence-electron chi connectivity index (χ2n) is 5.92. The summed E-state index contributed by atoms with van der Waals surface area (Å²) in [5.74, 6) is -2.59. The third kappa shape index (κ3) is 3.48. The molecule has 25 heavy (non-hydrogen) atoms. The van der Waals surface area contributed by atoms with Crippen LogP contribution >= 0.6 is 23.2 Å². The summed E-state index contributed by atoms with van der Waals surface area (Å²) >= 11 is 11.8. The van der Waals surface area contributed by atoms with Gasteiger partial charge >= 0.3 is 5.97 Å². The van der Waals surface area contributed by atoms with Gasteiger partial charge in [-0.2, -0.15) is 0 Å². The Hall–Kier alpha value is -2.12. The number of hydrogen-bond donors (Lipinski definition) is 1. The molecule has 0 spiro atoms. The number of halogens is 2. The zero-order chi connectivity index (χ0) is 18.3. The number of carbonyl (C=O) groups is 4. The number of amides is 3. The Kier molecular flexibility index (Phi) is 4.71. The zero-order valence-electron chi connectivity index (χ0n) is 13.2. The summed E-state index contributed by atoms with van der Waals surface area (Å²) in [6.45, 7) is 0.895. The largest absolute Gasteiger partial charge is 0.454 e. The van der Waals surface area contributed by atoms with Gasteiger partial charge in [0.2, 0.25) is 0 Å². The molecule has 7 nitrogen and oxygen atoms in total. The highest BCUT2D eigenvalue weighted by Crippen LogP contribution is 2.32. The van der Waals surface area contributed by atoms with Crippen LogP contribution in [0.15, 0.2) is 12.1 Å². The molecule has 0 bridgehead atoms. The smallest absolute Gasteiger partial charge is 0.329 e. The summed E-state index contributed by atoms with van der Waals surface area (Å²) in [4.78, 5) is 49.3. The molecule has 3 amide bonds. The van der Waals surface area contributed by atoms with Gasteiger partial charge in [-0.05, 0) is 31.9 Å². The fraction of sp³-hybridized carbons (Fsp3) is 0.375. The van der Waals surface area contributed by atoms with Gasteiger partial charge in [0, 0.05) is 6.04 Å². The van der Waals surface area contributed by atoms with Crippen molar-refractivity contribution >= 4 is 46.9 Å². The van der Waals surface area contributed by atoms with Crippen LogP contribution < -0.4 is 5.32 Å². The molecule has 1 aliphatic heterocycles. The lowest BCUT2D eigenvalue weighted by Gasteiger charge is -2.20. The zero-order valence-corrected chi connectivity index (χ0v) is 14.7. The van der Waals surface area contributed by atoms with Crippen molar-refractivity contribution in [1.29, 1.82) is 0 Å². The minimum atomic E-state index is -1.18. The van der Waals surface area contributed by atoms with Crippen LogP contribution in [0.3, 0.4) is 0 Å². The Bertz CT molecular complexity index is 750. The maximum atomic E-state index is 12.4. The average molecular weight is 385 g/mol. The molecule has 9 heteroatoms. The van der Waals surface area contributed by atoms with Crippen LogP contribution in [0.1, 0.15) is 40.5 Å². The van der Waals surface area contributed by atoms with E-state index >= 15 is 0 Å². The van der Waals surface area contributed by atoms with E-state index in [0.717, 1.165) is 17.7 Å². The van der Waals surface area contributed by atoms with Crippen molar-refractivity contribution in [3.05, 3.63) is 33.3 Å². The van der Waals surface area contributed by atoms with Gasteiger partial charge < -0.3 is 10.1 Å². The molecule has 0 saturated heterocycles. The van der Waals surface area contributed by atoms with Gasteiger partial charge in [0.1, 0.15) is 6.04 Å². The predicted molar refractivity (Wildman–Crippen MR) is 88.5 cm³/mol.